The van der Waals surface area contributed by atoms with Crippen molar-refractivity contribution in [3.63, 3.8) is 0 Å². The monoisotopic (exact) mass is 308 g/mol. The molecule has 0 spiro atoms. The molecule has 1 aliphatic rings. The molecule has 3 nitrogen and oxygen atoms in total. The Balaban J connectivity index is 2.07. The molecular weight excluding hydrogens is 289 g/mol. The maximum atomic E-state index is 12.8. The summed E-state index contributed by atoms with van der Waals surface area (Å²) in [5, 5.41) is 6.12. The highest BCUT2D eigenvalue weighted by Crippen LogP contribution is 2.45. The fraction of sp³-hybridized carbons (Fsp3) is 0.769. The van der Waals surface area contributed by atoms with E-state index in [2.05, 4.69) is 10.3 Å². The maximum absolute atomic E-state index is 12.8. The standard InChI is InChI=1S/C13H19F3N2OS/c1-19-8-6-18-12(11-17-7-9-20-11)4-2-10(3-5-12)13(14,15)16/h7,9-10,18H,2-6,8H2,1H3. The number of thiazole rings is 1. The van der Waals surface area contributed by atoms with Gasteiger partial charge in [-0.05, 0) is 25.7 Å². The van der Waals surface area contributed by atoms with E-state index in [1.807, 2.05) is 5.38 Å². The molecule has 1 aromatic rings. The smallest absolute Gasteiger partial charge is 0.383 e. The first kappa shape index (κ1) is 15.7. The van der Waals surface area contributed by atoms with Gasteiger partial charge in [0.1, 0.15) is 5.01 Å². The van der Waals surface area contributed by atoms with E-state index in [1.54, 1.807) is 13.3 Å². The number of halogens is 3. The van der Waals surface area contributed by atoms with Gasteiger partial charge in [-0.25, -0.2) is 4.98 Å². The zero-order chi connectivity index (χ0) is 14.6. The van der Waals surface area contributed by atoms with Gasteiger partial charge in [-0.1, -0.05) is 0 Å². The largest absolute Gasteiger partial charge is 0.391 e. The highest BCUT2D eigenvalue weighted by Gasteiger charge is 2.47. The molecule has 1 fully saturated rings. The second kappa shape index (κ2) is 6.41. The van der Waals surface area contributed by atoms with Crippen LogP contribution in [-0.2, 0) is 10.3 Å². The molecule has 2 rings (SSSR count). The fourth-order valence-corrected chi connectivity index (χ4v) is 3.63. The number of rotatable bonds is 5. The lowest BCUT2D eigenvalue weighted by Crippen LogP contribution is -2.48. The average Bonchev–Trinajstić information content (AvgIpc) is 2.93. The molecule has 0 saturated heterocycles. The van der Waals surface area contributed by atoms with Gasteiger partial charge in [0.2, 0.25) is 0 Å². The van der Waals surface area contributed by atoms with Gasteiger partial charge >= 0.3 is 6.18 Å². The maximum Gasteiger partial charge on any atom is 0.391 e. The third-order valence-electron chi connectivity index (χ3n) is 3.91. The van der Waals surface area contributed by atoms with Crippen LogP contribution >= 0.6 is 11.3 Å². The van der Waals surface area contributed by atoms with Gasteiger partial charge in [0.05, 0.1) is 18.1 Å². The van der Waals surface area contributed by atoms with Crippen LogP contribution in [-0.4, -0.2) is 31.4 Å². The summed E-state index contributed by atoms with van der Waals surface area (Å²) in [4.78, 5) is 4.31. The predicted octanol–water partition coefficient (Wildman–Crippen LogP) is 3.33. The first-order valence-corrected chi connectivity index (χ1v) is 7.56. The lowest BCUT2D eigenvalue weighted by Gasteiger charge is -2.40. The van der Waals surface area contributed by atoms with Gasteiger partial charge < -0.3 is 10.1 Å². The Hall–Kier alpha value is -0.660. The van der Waals surface area contributed by atoms with Crippen molar-refractivity contribution in [2.45, 2.75) is 37.4 Å². The summed E-state index contributed by atoms with van der Waals surface area (Å²) in [6.45, 7) is 1.16. The van der Waals surface area contributed by atoms with Gasteiger partial charge in [-0.3, -0.25) is 0 Å². The molecule has 114 valence electrons. The SMILES string of the molecule is COCCNC1(c2nccs2)CCC(C(F)(F)F)CC1. The second-order valence-corrected chi connectivity index (χ2v) is 6.05. The zero-order valence-electron chi connectivity index (χ0n) is 11.4. The molecule has 1 aromatic heterocycles. The summed E-state index contributed by atoms with van der Waals surface area (Å²) < 4.78 is 43.4. The van der Waals surface area contributed by atoms with E-state index in [0.29, 0.717) is 26.0 Å². The van der Waals surface area contributed by atoms with Crippen LogP contribution in [0.15, 0.2) is 11.6 Å². The van der Waals surface area contributed by atoms with Crippen molar-refractivity contribution in [1.82, 2.24) is 10.3 Å². The van der Waals surface area contributed by atoms with Crippen molar-refractivity contribution in [2.24, 2.45) is 5.92 Å². The van der Waals surface area contributed by atoms with E-state index < -0.39 is 17.6 Å². The molecule has 1 saturated carbocycles. The molecule has 1 aliphatic carbocycles. The fourth-order valence-electron chi connectivity index (χ4n) is 2.76. The van der Waals surface area contributed by atoms with Gasteiger partial charge in [-0.2, -0.15) is 13.2 Å². The minimum atomic E-state index is -4.08. The minimum Gasteiger partial charge on any atom is -0.383 e. The Kier molecular flexibility index (Phi) is 5.04. The second-order valence-electron chi connectivity index (χ2n) is 5.15. The normalized spacial score (nSPS) is 27.7. The van der Waals surface area contributed by atoms with Crippen LogP contribution in [0, 0.1) is 5.92 Å². The van der Waals surface area contributed by atoms with Crippen molar-refractivity contribution in [1.29, 1.82) is 0 Å². The number of hydrogen-bond donors (Lipinski definition) is 1. The van der Waals surface area contributed by atoms with Crippen molar-refractivity contribution >= 4 is 11.3 Å². The Morgan fingerprint density at radius 2 is 2.15 bits per heavy atom. The summed E-state index contributed by atoms with van der Waals surface area (Å²) in [5.74, 6) is -1.18. The van der Waals surface area contributed by atoms with Gasteiger partial charge in [-0.15, -0.1) is 11.3 Å². The lowest BCUT2D eigenvalue weighted by molar-refractivity contribution is -0.185. The summed E-state index contributed by atoms with van der Waals surface area (Å²) in [6.07, 6.45) is -1.13. The van der Waals surface area contributed by atoms with E-state index in [-0.39, 0.29) is 12.8 Å². The number of ether oxygens (including phenoxy) is 1. The van der Waals surface area contributed by atoms with Gasteiger partial charge in [0.25, 0.3) is 0 Å². The van der Waals surface area contributed by atoms with E-state index in [4.69, 9.17) is 4.74 Å². The van der Waals surface area contributed by atoms with Crippen LogP contribution in [0.2, 0.25) is 0 Å². The first-order valence-electron chi connectivity index (χ1n) is 6.68. The quantitative estimate of drug-likeness (QED) is 0.847. The predicted molar refractivity (Wildman–Crippen MR) is 71.7 cm³/mol. The van der Waals surface area contributed by atoms with Crippen LogP contribution in [0.4, 0.5) is 13.2 Å². The van der Waals surface area contributed by atoms with E-state index in [1.165, 1.54) is 11.3 Å². The molecular formula is C13H19F3N2OS. The third kappa shape index (κ3) is 3.51. The average molecular weight is 308 g/mol. The Labute approximate surface area is 120 Å². The highest BCUT2D eigenvalue weighted by molar-refractivity contribution is 7.09. The number of nitrogens with zero attached hydrogens (tertiary/aromatic N) is 1. The number of hydrogen-bond acceptors (Lipinski definition) is 4. The van der Waals surface area contributed by atoms with Crippen molar-refractivity contribution in [3.8, 4) is 0 Å². The molecule has 0 atom stereocenters. The van der Waals surface area contributed by atoms with Crippen molar-refractivity contribution in [3.05, 3.63) is 16.6 Å². The van der Waals surface area contributed by atoms with E-state index >= 15 is 0 Å². The Morgan fingerprint density at radius 1 is 1.45 bits per heavy atom. The third-order valence-corrected chi connectivity index (χ3v) is 4.89. The highest BCUT2D eigenvalue weighted by atomic mass is 32.1. The van der Waals surface area contributed by atoms with Gasteiger partial charge in [0, 0.05) is 25.2 Å². The lowest BCUT2D eigenvalue weighted by atomic mass is 9.76. The summed E-state index contributed by atoms with van der Waals surface area (Å²) in [5.41, 5.74) is -0.422. The number of aromatic nitrogens is 1. The summed E-state index contributed by atoms with van der Waals surface area (Å²) in [6, 6.07) is 0. The number of nitrogens with one attached hydrogen (secondary N) is 1. The number of methoxy groups -OCH3 is 1. The number of alkyl halides is 3. The van der Waals surface area contributed by atoms with Crippen molar-refractivity contribution < 1.29 is 17.9 Å². The Morgan fingerprint density at radius 3 is 2.65 bits per heavy atom. The van der Waals surface area contributed by atoms with Crippen LogP contribution in [0.1, 0.15) is 30.7 Å². The molecule has 0 aromatic carbocycles. The summed E-state index contributed by atoms with van der Waals surface area (Å²) in [7, 11) is 1.61. The molecule has 0 radical (unpaired) electrons. The molecule has 20 heavy (non-hydrogen) atoms. The first-order chi connectivity index (χ1) is 9.48. The van der Waals surface area contributed by atoms with Crippen LogP contribution in [0.3, 0.4) is 0 Å². The molecule has 0 unspecified atom stereocenters. The topological polar surface area (TPSA) is 34.1 Å². The Bertz CT molecular complexity index is 400. The van der Waals surface area contributed by atoms with E-state index in [9.17, 15) is 13.2 Å². The zero-order valence-corrected chi connectivity index (χ0v) is 12.2. The molecule has 1 N–H and O–H groups in total. The van der Waals surface area contributed by atoms with Crippen molar-refractivity contribution in [2.75, 3.05) is 20.3 Å². The molecule has 1 heterocycles. The van der Waals surface area contributed by atoms with Gasteiger partial charge in [0.15, 0.2) is 0 Å². The van der Waals surface area contributed by atoms with Crippen LogP contribution in [0.25, 0.3) is 0 Å². The van der Waals surface area contributed by atoms with E-state index in [0.717, 1.165) is 5.01 Å². The molecule has 0 amide bonds. The molecule has 7 heteroatoms. The van der Waals surface area contributed by atoms with Crippen LogP contribution < -0.4 is 5.32 Å². The molecule has 0 aliphatic heterocycles. The van der Waals surface area contributed by atoms with Crippen LogP contribution in [0.5, 0.6) is 0 Å². The minimum absolute atomic E-state index is 0.156. The molecule has 0 bridgehead atoms. The summed E-state index contributed by atoms with van der Waals surface area (Å²) >= 11 is 1.50.